The fourth-order valence-corrected chi connectivity index (χ4v) is 7.75. The highest BCUT2D eigenvalue weighted by Crippen LogP contribution is 2.60. The number of nitrogens with one attached hydrogen (secondary N) is 1. The van der Waals surface area contributed by atoms with Crippen molar-refractivity contribution in [1.29, 1.82) is 0 Å². The van der Waals surface area contributed by atoms with E-state index in [0.29, 0.717) is 40.7 Å². The number of allylic oxidation sites excluding steroid dienone is 3. The number of carbonyl (C=O) groups is 1. The molecule has 0 heterocycles. The van der Waals surface area contributed by atoms with Gasteiger partial charge in [-0.1, -0.05) is 69.2 Å². The molecule has 1 aromatic rings. The summed E-state index contributed by atoms with van der Waals surface area (Å²) < 4.78 is 0. The van der Waals surface area contributed by atoms with E-state index in [1.807, 2.05) is 19.9 Å². The summed E-state index contributed by atoms with van der Waals surface area (Å²) in [4.78, 5) is 12.6. The van der Waals surface area contributed by atoms with Gasteiger partial charge in [0.1, 0.15) is 6.10 Å². The molecule has 3 aliphatic rings. The van der Waals surface area contributed by atoms with Crippen molar-refractivity contribution in [1.82, 2.24) is 5.32 Å². The molecule has 0 radical (unpaired) electrons. The van der Waals surface area contributed by atoms with Crippen molar-refractivity contribution in [3.05, 3.63) is 71.3 Å². The zero-order valence-corrected chi connectivity index (χ0v) is 24.3. The van der Waals surface area contributed by atoms with Gasteiger partial charge >= 0.3 is 0 Å². The highest BCUT2D eigenvalue weighted by Gasteiger charge is 2.50. The molecular formula is C34H49NO4. The minimum absolute atomic E-state index is 0.298. The summed E-state index contributed by atoms with van der Waals surface area (Å²) in [7, 11) is 0. The Morgan fingerprint density at radius 3 is 2.62 bits per heavy atom. The monoisotopic (exact) mass is 535 g/mol. The number of hydrogen-bond acceptors (Lipinski definition) is 4. The van der Waals surface area contributed by atoms with E-state index < -0.39 is 23.9 Å². The number of rotatable bonds is 8. The predicted octanol–water partition coefficient (Wildman–Crippen LogP) is 6.11. The molecule has 4 rings (SSSR count). The number of aliphatic hydroxyl groups is 3. The van der Waals surface area contributed by atoms with Crippen molar-refractivity contribution >= 4 is 5.91 Å². The Morgan fingerprint density at radius 2 is 1.92 bits per heavy atom. The quantitative estimate of drug-likeness (QED) is 0.323. The van der Waals surface area contributed by atoms with Gasteiger partial charge in [0.05, 0.1) is 17.7 Å². The van der Waals surface area contributed by atoms with E-state index in [0.717, 1.165) is 31.3 Å². The van der Waals surface area contributed by atoms with Crippen LogP contribution in [-0.4, -0.2) is 45.1 Å². The van der Waals surface area contributed by atoms with Crippen LogP contribution in [0.3, 0.4) is 0 Å². The maximum atomic E-state index is 12.6. The summed E-state index contributed by atoms with van der Waals surface area (Å²) >= 11 is 0. The number of amides is 1. The third-order valence-electron chi connectivity index (χ3n) is 9.96. The average Bonchev–Trinajstić information content (AvgIpc) is 3.25. The summed E-state index contributed by atoms with van der Waals surface area (Å²) in [5.74, 6) is 1.59. The van der Waals surface area contributed by atoms with Gasteiger partial charge in [-0.05, 0) is 98.8 Å². The van der Waals surface area contributed by atoms with Crippen LogP contribution in [0.1, 0.15) is 95.8 Å². The molecule has 5 heteroatoms. The first-order valence-corrected chi connectivity index (χ1v) is 14.9. The molecule has 0 saturated heterocycles. The van der Waals surface area contributed by atoms with Gasteiger partial charge in [-0.15, -0.1) is 0 Å². The first-order chi connectivity index (χ1) is 18.4. The molecule has 3 aliphatic carbocycles. The van der Waals surface area contributed by atoms with Crippen LogP contribution in [0.4, 0.5) is 0 Å². The minimum atomic E-state index is -1.04. The Kier molecular flexibility index (Phi) is 9.25. The number of benzene rings is 1. The Labute approximate surface area is 235 Å². The lowest BCUT2D eigenvalue weighted by Gasteiger charge is -2.44. The number of fused-ring (bicyclic) bond motifs is 1. The molecule has 5 nitrogen and oxygen atoms in total. The van der Waals surface area contributed by atoms with Gasteiger partial charge in [0, 0.05) is 12.0 Å². The van der Waals surface area contributed by atoms with Gasteiger partial charge in [0.15, 0.2) is 0 Å². The lowest BCUT2D eigenvalue weighted by molar-refractivity contribution is 0.0393. The van der Waals surface area contributed by atoms with Crippen LogP contribution in [0.2, 0.25) is 0 Å². The van der Waals surface area contributed by atoms with Gasteiger partial charge in [-0.25, -0.2) is 0 Å². The molecule has 7 atom stereocenters. The van der Waals surface area contributed by atoms with Gasteiger partial charge in [0.2, 0.25) is 0 Å². The Balaban J connectivity index is 1.42. The second kappa shape index (κ2) is 12.1. The van der Waals surface area contributed by atoms with Crippen LogP contribution < -0.4 is 5.32 Å². The van der Waals surface area contributed by atoms with E-state index >= 15 is 0 Å². The first kappa shape index (κ1) is 29.8. The van der Waals surface area contributed by atoms with Crippen LogP contribution in [0.5, 0.6) is 0 Å². The topological polar surface area (TPSA) is 89.8 Å². The Morgan fingerprint density at radius 1 is 1.21 bits per heavy atom. The van der Waals surface area contributed by atoms with Crippen molar-refractivity contribution in [2.24, 2.45) is 23.2 Å². The van der Waals surface area contributed by atoms with Crippen molar-refractivity contribution in [3.63, 3.8) is 0 Å². The Hall–Kier alpha value is -2.21. The average molecular weight is 536 g/mol. The molecule has 0 aromatic heterocycles. The summed E-state index contributed by atoms with van der Waals surface area (Å²) in [6.45, 7) is 12.8. The maximum absolute atomic E-state index is 12.6. The van der Waals surface area contributed by atoms with E-state index in [9.17, 15) is 20.1 Å². The third-order valence-corrected chi connectivity index (χ3v) is 9.96. The highest BCUT2D eigenvalue weighted by molar-refractivity contribution is 5.94. The van der Waals surface area contributed by atoms with E-state index in [-0.39, 0.29) is 5.91 Å². The minimum Gasteiger partial charge on any atom is -0.391 e. The second-order valence-corrected chi connectivity index (χ2v) is 13.3. The molecule has 214 valence electrons. The molecule has 0 aliphatic heterocycles. The van der Waals surface area contributed by atoms with E-state index in [4.69, 9.17) is 0 Å². The third kappa shape index (κ3) is 6.75. The molecule has 0 bridgehead atoms. The van der Waals surface area contributed by atoms with Crippen LogP contribution in [-0.2, 0) is 0 Å². The lowest BCUT2D eigenvalue weighted by Crippen LogP contribution is -2.54. The second-order valence-electron chi connectivity index (χ2n) is 13.3. The van der Waals surface area contributed by atoms with Crippen LogP contribution in [0.25, 0.3) is 0 Å². The zero-order chi connectivity index (χ0) is 28.4. The molecule has 3 saturated carbocycles. The molecule has 0 spiro atoms. The normalized spacial score (nSPS) is 34.2. The highest BCUT2D eigenvalue weighted by atomic mass is 16.3. The summed E-state index contributed by atoms with van der Waals surface area (Å²) in [5.41, 5.74) is 3.11. The van der Waals surface area contributed by atoms with E-state index in [1.54, 1.807) is 24.3 Å². The van der Waals surface area contributed by atoms with Crippen LogP contribution in [0.15, 0.2) is 65.8 Å². The summed E-state index contributed by atoms with van der Waals surface area (Å²) in [6, 6.07) is 8.06. The molecule has 0 unspecified atom stereocenters. The number of carbonyl (C=O) groups excluding carboxylic acids is 1. The molecular weight excluding hydrogens is 486 g/mol. The van der Waals surface area contributed by atoms with Crippen LogP contribution in [0, 0.1) is 23.2 Å². The standard InChI is InChI=1S/C34H49NO4/c1-22(11-9-19-33(3,4)39)27-17-18-28-24(14-10-20-34(27,28)5)15-16-26-21-29(36)30(31(37)23(26)2)35-32(38)25-12-7-6-8-13-25/h6-8,12-13,15-16,22,27-31,36-37,39H,2,9-11,14,17-21H2,1,3-5H3,(H,35,38)/b24-15+,26-16-/t22-,27-,28+,29-,30+,31-,34-/m1/s1. The summed E-state index contributed by atoms with van der Waals surface area (Å²) in [5, 5.41) is 34.8. The van der Waals surface area contributed by atoms with Gasteiger partial charge in [0.25, 0.3) is 5.91 Å². The van der Waals surface area contributed by atoms with Gasteiger partial charge in [-0.2, -0.15) is 0 Å². The number of hydrogen-bond donors (Lipinski definition) is 4. The smallest absolute Gasteiger partial charge is 0.251 e. The molecule has 1 amide bonds. The zero-order valence-electron chi connectivity index (χ0n) is 24.3. The maximum Gasteiger partial charge on any atom is 0.251 e. The largest absolute Gasteiger partial charge is 0.391 e. The van der Waals surface area contributed by atoms with Crippen molar-refractivity contribution in [2.45, 2.75) is 109 Å². The fourth-order valence-electron chi connectivity index (χ4n) is 7.75. The molecule has 4 N–H and O–H groups in total. The lowest BCUT2D eigenvalue weighted by atomic mass is 9.60. The SMILES string of the molecule is C=C1/C(=C\C=C2/CCC[C@]3(C)[C@@H]([C@H](C)CCCC(C)(C)O)CC[C@@H]23)C[C@@H](O)[C@H](NC(=O)c2ccccc2)[C@@H]1O. The van der Waals surface area contributed by atoms with E-state index in [2.05, 4.69) is 37.9 Å². The van der Waals surface area contributed by atoms with Gasteiger partial charge in [-0.3, -0.25) is 4.79 Å². The van der Waals surface area contributed by atoms with Crippen molar-refractivity contribution < 1.29 is 20.1 Å². The Bertz CT molecular complexity index is 1080. The molecule has 3 fully saturated rings. The van der Waals surface area contributed by atoms with Crippen molar-refractivity contribution in [3.8, 4) is 0 Å². The fraction of sp³-hybridized carbons (Fsp3) is 0.618. The first-order valence-electron chi connectivity index (χ1n) is 14.9. The molecule has 1 aromatic carbocycles. The predicted molar refractivity (Wildman–Crippen MR) is 157 cm³/mol. The molecule has 39 heavy (non-hydrogen) atoms. The van der Waals surface area contributed by atoms with Crippen LogP contribution >= 0.6 is 0 Å². The van der Waals surface area contributed by atoms with Crippen molar-refractivity contribution in [2.75, 3.05) is 0 Å². The van der Waals surface area contributed by atoms with Gasteiger partial charge < -0.3 is 20.6 Å². The number of aliphatic hydroxyl groups excluding tert-OH is 2. The summed E-state index contributed by atoms with van der Waals surface area (Å²) in [6.07, 6.45) is 11.8. The van der Waals surface area contributed by atoms with E-state index in [1.165, 1.54) is 31.3 Å².